The summed E-state index contributed by atoms with van der Waals surface area (Å²) in [6.45, 7) is 3.73. The van der Waals surface area contributed by atoms with E-state index in [1.165, 1.54) is 0 Å². The van der Waals surface area contributed by atoms with Crippen molar-refractivity contribution in [2.45, 2.75) is 32.6 Å². The van der Waals surface area contributed by atoms with E-state index >= 15 is 0 Å². The zero-order valence-corrected chi connectivity index (χ0v) is 10.6. The lowest BCUT2D eigenvalue weighted by atomic mass is 9.98. The minimum absolute atomic E-state index is 0.0500. The number of hydrazine groups is 1. The Bertz CT molecular complexity index is 354. The summed E-state index contributed by atoms with van der Waals surface area (Å²) < 4.78 is 0. The molecule has 3 amide bonds. The molecule has 0 aliphatic carbocycles. The molecule has 2 saturated heterocycles. The quantitative estimate of drug-likeness (QED) is 0.684. The van der Waals surface area contributed by atoms with Crippen molar-refractivity contribution in [3.05, 3.63) is 0 Å². The van der Waals surface area contributed by atoms with E-state index in [0.29, 0.717) is 12.3 Å². The van der Waals surface area contributed by atoms with E-state index in [2.05, 4.69) is 17.8 Å². The summed E-state index contributed by atoms with van der Waals surface area (Å²) in [4.78, 5) is 36.4. The molecule has 6 nitrogen and oxygen atoms in total. The molecule has 2 heterocycles. The van der Waals surface area contributed by atoms with E-state index < -0.39 is 5.92 Å². The molecule has 0 aromatic rings. The van der Waals surface area contributed by atoms with Crippen molar-refractivity contribution in [2.24, 2.45) is 11.8 Å². The molecule has 0 bridgehead atoms. The molecule has 0 saturated carbocycles. The van der Waals surface area contributed by atoms with Gasteiger partial charge in [0.05, 0.1) is 0 Å². The maximum Gasteiger partial charge on any atom is 0.251 e. The van der Waals surface area contributed by atoms with Crippen molar-refractivity contribution in [3.63, 3.8) is 0 Å². The van der Waals surface area contributed by atoms with Crippen molar-refractivity contribution in [3.8, 4) is 0 Å². The molecule has 0 aromatic carbocycles. The second kappa shape index (κ2) is 5.37. The highest BCUT2D eigenvalue weighted by atomic mass is 16.2. The van der Waals surface area contributed by atoms with Crippen LogP contribution >= 0.6 is 0 Å². The van der Waals surface area contributed by atoms with Crippen molar-refractivity contribution < 1.29 is 14.4 Å². The van der Waals surface area contributed by atoms with Crippen LogP contribution in [0.15, 0.2) is 0 Å². The molecule has 6 heteroatoms. The number of nitrogens with zero attached hydrogens (tertiary/aromatic N) is 1. The largest absolute Gasteiger partial charge is 0.342 e. The van der Waals surface area contributed by atoms with Gasteiger partial charge in [0.1, 0.15) is 5.92 Å². The minimum Gasteiger partial charge on any atom is -0.342 e. The predicted octanol–water partition coefficient (Wildman–Crippen LogP) is -0.198. The highest BCUT2D eigenvalue weighted by Gasteiger charge is 2.33. The molecular weight excluding hydrogens is 234 g/mol. The lowest BCUT2D eigenvalue weighted by Crippen LogP contribution is -2.39. The summed E-state index contributed by atoms with van der Waals surface area (Å²) in [6.07, 6.45) is 2.76. The average molecular weight is 253 g/mol. The molecule has 1 unspecified atom stereocenters. The summed E-state index contributed by atoms with van der Waals surface area (Å²) >= 11 is 0. The molecule has 0 radical (unpaired) electrons. The molecule has 2 N–H and O–H groups in total. The molecule has 2 aliphatic rings. The van der Waals surface area contributed by atoms with E-state index in [1.807, 2.05) is 4.90 Å². The normalized spacial score (nSPS) is 24.9. The van der Waals surface area contributed by atoms with Crippen LogP contribution in [0.3, 0.4) is 0 Å². The number of piperidine rings is 1. The third-order valence-electron chi connectivity index (χ3n) is 3.60. The molecule has 18 heavy (non-hydrogen) atoms. The average Bonchev–Trinajstić information content (AvgIpc) is 2.66. The van der Waals surface area contributed by atoms with Gasteiger partial charge in [-0.15, -0.1) is 0 Å². The fourth-order valence-corrected chi connectivity index (χ4v) is 2.52. The molecule has 100 valence electrons. The number of nitrogens with one attached hydrogen (secondary N) is 2. The third kappa shape index (κ3) is 2.80. The van der Waals surface area contributed by atoms with Crippen LogP contribution in [-0.2, 0) is 14.4 Å². The summed E-state index contributed by atoms with van der Waals surface area (Å²) in [5, 5.41) is 0. The number of carbonyl (C=O) groups excluding carboxylic acids is 3. The van der Waals surface area contributed by atoms with Gasteiger partial charge in [0.15, 0.2) is 0 Å². The Hall–Kier alpha value is -1.59. The molecule has 1 atom stereocenters. The Morgan fingerprint density at radius 1 is 1.33 bits per heavy atom. The number of amides is 3. The van der Waals surface area contributed by atoms with Crippen LogP contribution in [0, 0.1) is 11.8 Å². The van der Waals surface area contributed by atoms with E-state index in [9.17, 15) is 14.4 Å². The smallest absolute Gasteiger partial charge is 0.251 e. The summed E-state index contributed by atoms with van der Waals surface area (Å²) in [5.41, 5.74) is 4.53. The standard InChI is InChI=1S/C12H19N3O3/c1-8-3-2-6-15(7-8)10(16)5-4-9-11(17)13-14-12(9)18/h8-9H,2-7H2,1H3,(H,13,17)(H,14,18). The SMILES string of the molecule is CC1CCCN(C(=O)CCC2C(=O)NNC2=O)C1. The van der Waals surface area contributed by atoms with Crippen LogP contribution in [-0.4, -0.2) is 35.7 Å². The second-order valence-electron chi connectivity index (χ2n) is 5.16. The molecule has 0 aromatic heterocycles. The zero-order chi connectivity index (χ0) is 13.1. The maximum atomic E-state index is 12.0. The van der Waals surface area contributed by atoms with Crippen LogP contribution in [0.1, 0.15) is 32.6 Å². The Labute approximate surface area is 106 Å². The van der Waals surface area contributed by atoms with Gasteiger partial charge in [-0.05, 0) is 25.2 Å². The number of hydrogen-bond donors (Lipinski definition) is 2. The van der Waals surface area contributed by atoms with E-state index in [1.54, 1.807) is 0 Å². The monoisotopic (exact) mass is 253 g/mol. The van der Waals surface area contributed by atoms with Gasteiger partial charge in [0.25, 0.3) is 11.8 Å². The van der Waals surface area contributed by atoms with Crippen LogP contribution in [0.5, 0.6) is 0 Å². The van der Waals surface area contributed by atoms with E-state index in [4.69, 9.17) is 0 Å². The Morgan fingerprint density at radius 3 is 2.61 bits per heavy atom. The first-order valence-corrected chi connectivity index (χ1v) is 6.45. The van der Waals surface area contributed by atoms with Gasteiger partial charge in [0.2, 0.25) is 5.91 Å². The van der Waals surface area contributed by atoms with Crippen molar-refractivity contribution >= 4 is 17.7 Å². The summed E-state index contributed by atoms with van der Waals surface area (Å²) in [6, 6.07) is 0. The molecular formula is C12H19N3O3. The van der Waals surface area contributed by atoms with Gasteiger partial charge in [-0.3, -0.25) is 25.2 Å². The molecule has 2 aliphatic heterocycles. The molecule has 2 fully saturated rings. The highest BCUT2D eigenvalue weighted by molar-refractivity contribution is 6.05. The Balaban J connectivity index is 1.81. The van der Waals surface area contributed by atoms with E-state index in [-0.39, 0.29) is 24.1 Å². The Morgan fingerprint density at radius 2 is 2.00 bits per heavy atom. The van der Waals surface area contributed by atoms with Gasteiger partial charge in [-0.2, -0.15) is 0 Å². The first-order chi connectivity index (χ1) is 8.58. The number of hydrogen-bond acceptors (Lipinski definition) is 3. The van der Waals surface area contributed by atoms with Crippen LogP contribution in [0.2, 0.25) is 0 Å². The zero-order valence-electron chi connectivity index (χ0n) is 10.6. The number of likely N-dealkylation sites (tertiary alicyclic amines) is 1. The lowest BCUT2D eigenvalue weighted by Gasteiger charge is -2.31. The predicted molar refractivity (Wildman–Crippen MR) is 64.0 cm³/mol. The van der Waals surface area contributed by atoms with Gasteiger partial charge < -0.3 is 4.90 Å². The van der Waals surface area contributed by atoms with Crippen LogP contribution in [0.25, 0.3) is 0 Å². The van der Waals surface area contributed by atoms with Crippen molar-refractivity contribution in [2.75, 3.05) is 13.1 Å². The van der Waals surface area contributed by atoms with Gasteiger partial charge >= 0.3 is 0 Å². The number of rotatable bonds is 3. The van der Waals surface area contributed by atoms with Gasteiger partial charge in [0, 0.05) is 19.5 Å². The Kier molecular flexibility index (Phi) is 3.84. The first kappa shape index (κ1) is 12.9. The van der Waals surface area contributed by atoms with Gasteiger partial charge in [-0.25, -0.2) is 0 Å². The third-order valence-corrected chi connectivity index (χ3v) is 3.60. The highest BCUT2D eigenvalue weighted by Crippen LogP contribution is 2.18. The first-order valence-electron chi connectivity index (χ1n) is 6.45. The minimum atomic E-state index is -0.712. The topological polar surface area (TPSA) is 78.5 Å². The van der Waals surface area contributed by atoms with Crippen molar-refractivity contribution in [1.82, 2.24) is 15.8 Å². The molecule has 0 spiro atoms. The fourth-order valence-electron chi connectivity index (χ4n) is 2.52. The van der Waals surface area contributed by atoms with Crippen LogP contribution < -0.4 is 10.9 Å². The van der Waals surface area contributed by atoms with Crippen LogP contribution in [0.4, 0.5) is 0 Å². The summed E-state index contributed by atoms with van der Waals surface area (Å²) in [5.74, 6) is -0.786. The fraction of sp³-hybridized carbons (Fsp3) is 0.750. The lowest BCUT2D eigenvalue weighted by molar-refractivity contribution is -0.134. The number of carbonyl (C=O) groups is 3. The molecule has 2 rings (SSSR count). The van der Waals surface area contributed by atoms with Gasteiger partial charge in [-0.1, -0.05) is 6.92 Å². The second-order valence-corrected chi connectivity index (χ2v) is 5.16. The van der Waals surface area contributed by atoms with Crippen molar-refractivity contribution in [1.29, 1.82) is 0 Å². The maximum absolute atomic E-state index is 12.0. The van der Waals surface area contributed by atoms with E-state index in [0.717, 1.165) is 25.9 Å². The summed E-state index contributed by atoms with van der Waals surface area (Å²) in [7, 11) is 0.